The van der Waals surface area contributed by atoms with Crippen molar-refractivity contribution in [3.63, 3.8) is 0 Å². The molecular formula is C14H24F3N. The fourth-order valence-corrected chi connectivity index (χ4v) is 3.12. The lowest BCUT2D eigenvalue weighted by molar-refractivity contribution is -0.211. The van der Waals surface area contributed by atoms with Crippen LogP contribution in [-0.4, -0.2) is 30.7 Å². The summed E-state index contributed by atoms with van der Waals surface area (Å²) >= 11 is 0. The van der Waals surface area contributed by atoms with Crippen LogP contribution in [-0.2, 0) is 0 Å². The highest BCUT2D eigenvalue weighted by Crippen LogP contribution is 2.46. The first-order valence-electron chi connectivity index (χ1n) is 6.97. The molecule has 1 heterocycles. The van der Waals surface area contributed by atoms with E-state index >= 15 is 0 Å². The minimum absolute atomic E-state index is 0.273. The highest BCUT2D eigenvalue weighted by molar-refractivity contribution is 4.92. The van der Waals surface area contributed by atoms with Crippen LogP contribution < -0.4 is 0 Å². The molecular weight excluding hydrogens is 239 g/mol. The fourth-order valence-electron chi connectivity index (χ4n) is 3.12. The van der Waals surface area contributed by atoms with E-state index < -0.39 is 12.1 Å². The zero-order valence-electron chi connectivity index (χ0n) is 11.6. The van der Waals surface area contributed by atoms with Gasteiger partial charge in [-0.2, -0.15) is 13.2 Å². The maximum Gasteiger partial charge on any atom is 0.392 e. The number of rotatable bonds is 2. The van der Waals surface area contributed by atoms with Gasteiger partial charge in [0.05, 0.1) is 5.92 Å². The summed E-state index contributed by atoms with van der Waals surface area (Å²) in [6.07, 6.45) is -1.24. The Balaban J connectivity index is 2.05. The molecule has 1 saturated heterocycles. The third-order valence-electron chi connectivity index (χ3n) is 4.44. The lowest BCUT2D eigenvalue weighted by Crippen LogP contribution is -2.50. The van der Waals surface area contributed by atoms with E-state index in [0.29, 0.717) is 13.1 Å². The molecule has 106 valence electrons. The molecule has 0 aromatic rings. The molecule has 0 bridgehead atoms. The van der Waals surface area contributed by atoms with Crippen LogP contribution in [0.3, 0.4) is 0 Å². The molecule has 1 nitrogen and oxygen atoms in total. The van der Waals surface area contributed by atoms with Crippen molar-refractivity contribution in [3.05, 3.63) is 0 Å². The maximum absolute atomic E-state index is 13.1. The van der Waals surface area contributed by atoms with Crippen LogP contribution in [0.5, 0.6) is 0 Å². The third-order valence-corrected chi connectivity index (χ3v) is 4.44. The van der Waals surface area contributed by atoms with Crippen LogP contribution in [0.15, 0.2) is 0 Å². The molecule has 2 unspecified atom stereocenters. The first-order chi connectivity index (χ1) is 8.18. The van der Waals surface area contributed by atoms with E-state index in [2.05, 4.69) is 4.90 Å². The normalized spacial score (nSPS) is 31.7. The topological polar surface area (TPSA) is 3.24 Å². The van der Waals surface area contributed by atoms with Gasteiger partial charge in [-0.15, -0.1) is 0 Å². The van der Waals surface area contributed by atoms with Crippen LogP contribution in [0.25, 0.3) is 0 Å². The van der Waals surface area contributed by atoms with Crippen molar-refractivity contribution in [2.45, 2.75) is 46.2 Å². The summed E-state index contributed by atoms with van der Waals surface area (Å²) in [5.41, 5.74) is -0.275. The van der Waals surface area contributed by atoms with Crippen molar-refractivity contribution in [1.29, 1.82) is 0 Å². The monoisotopic (exact) mass is 263 g/mol. The molecule has 1 saturated carbocycles. The lowest BCUT2D eigenvalue weighted by atomic mass is 9.69. The number of piperidine rings is 1. The molecule has 0 amide bonds. The van der Waals surface area contributed by atoms with Gasteiger partial charge in [0.2, 0.25) is 0 Å². The largest absolute Gasteiger partial charge is 0.392 e. The quantitative estimate of drug-likeness (QED) is 0.729. The summed E-state index contributed by atoms with van der Waals surface area (Å²) in [5.74, 6) is -0.633. The van der Waals surface area contributed by atoms with Gasteiger partial charge in [-0.1, -0.05) is 20.8 Å². The number of halogens is 3. The van der Waals surface area contributed by atoms with Crippen molar-refractivity contribution in [2.24, 2.45) is 23.2 Å². The molecule has 2 fully saturated rings. The Morgan fingerprint density at radius 3 is 2.06 bits per heavy atom. The van der Waals surface area contributed by atoms with Crippen LogP contribution in [0.2, 0.25) is 0 Å². The van der Waals surface area contributed by atoms with Gasteiger partial charge in [0, 0.05) is 13.1 Å². The summed E-state index contributed by atoms with van der Waals surface area (Å²) in [7, 11) is 0. The van der Waals surface area contributed by atoms with E-state index in [4.69, 9.17) is 0 Å². The highest BCUT2D eigenvalue weighted by atomic mass is 19.4. The SMILES string of the molecule is CC(C)(C)C1CN(CC2CC2)CCC1C(F)(F)F. The summed E-state index contributed by atoms with van der Waals surface area (Å²) in [4.78, 5) is 2.26. The van der Waals surface area contributed by atoms with Crippen LogP contribution >= 0.6 is 0 Å². The summed E-state index contributed by atoms with van der Waals surface area (Å²) in [6, 6.07) is 0. The number of nitrogens with zero attached hydrogens (tertiary/aromatic N) is 1. The van der Waals surface area contributed by atoms with Crippen molar-refractivity contribution in [2.75, 3.05) is 19.6 Å². The number of alkyl halides is 3. The highest BCUT2D eigenvalue weighted by Gasteiger charge is 2.50. The minimum atomic E-state index is -4.04. The van der Waals surface area contributed by atoms with Crippen molar-refractivity contribution < 1.29 is 13.2 Å². The van der Waals surface area contributed by atoms with Gasteiger partial charge in [-0.3, -0.25) is 0 Å². The van der Waals surface area contributed by atoms with Gasteiger partial charge in [-0.25, -0.2) is 0 Å². The van der Waals surface area contributed by atoms with Crippen LogP contribution in [0, 0.1) is 23.2 Å². The number of hydrogen-bond donors (Lipinski definition) is 0. The van der Waals surface area contributed by atoms with Gasteiger partial charge in [0.1, 0.15) is 0 Å². The molecule has 2 rings (SSSR count). The molecule has 18 heavy (non-hydrogen) atoms. The van der Waals surface area contributed by atoms with Gasteiger partial charge >= 0.3 is 6.18 Å². The van der Waals surface area contributed by atoms with E-state index in [1.165, 1.54) is 12.8 Å². The van der Waals surface area contributed by atoms with Crippen molar-refractivity contribution >= 4 is 0 Å². The molecule has 1 aliphatic carbocycles. The Bertz CT molecular complexity index is 288. The molecule has 2 atom stereocenters. The third kappa shape index (κ3) is 3.40. The van der Waals surface area contributed by atoms with Crippen molar-refractivity contribution in [1.82, 2.24) is 4.90 Å². The minimum Gasteiger partial charge on any atom is -0.303 e. The predicted octanol–water partition coefficient (Wildman–Crippen LogP) is 3.94. The second-order valence-electron chi connectivity index (χ2n) is 7.11. The Morgan fingerprint density at radius 1 is 1.00 bits per heavy atom. The second kappa shape index (κ2) is 4.69. The van der Waals surface area contributed by atoms with Crippen LogP contribution in [0.4, 0.5) is 13.2 Å². The van der Waals surface area contributed by atoms with E-state index in [1.54, 1.807) is 0 Å². The first kappa shape index (κ1) is 14.2. The van der Waals surface area contributed by atoms with Gasteiger partial charge < -0.3 is 4.90 Å². The zero-order valence-corrected chi connectivity index (χ0v) is 11.6. The van der Waals surface area contributed by atoms with Crippen LogP contribution in [0.1, 0.15) is 40.0 Å². The number of likely N-dealkylation sites (tertiary alicyclic amines) is 1. The zero-order chi connectivity index (χ0) is 13.6. The Hall–Kier alpha value is -0.250. The van der Waals surface area contributed by atoms with Gasteiger partial charge in [0.25, 0.3) is 0 Å². The van der Waals surface area contributed by atoms with Gasteiger partial charge in [0.15, 0.2) is 0 Å². The molecule has 0 spiro atoms. The smallest absolute Gasteiger partial charge is 0.303 e. The van der Waals surface area contributed by atoms with E-state index in [1.807, 2.05) is 20.8 Å². The van der Waals surface area contributed by atoms with E-state index in [0.717, 1.165) is 12.5 Å². The Kier molecular flexibility index (Phi) is 3.69. The summed E-state index contributed by atoms with van der Waals surface area (Å²) in [6.45, 7) is 8.07. The molecule has 1 aliphatic heterocycles. The standard InChI is InChI=1S/C14H24F3N/c1-13(2,3)12-9-18(8-10-4-5-10)7-6-11(12)14(15,16)17/h10-12H,4-9H2,1-3H3. The first-order valence-corrected chi connectivity index (χ1v) is 6.97. The Labute approximate surface area is 108 Å². The maximum atomic E-state index is 13.1. The molecule has 0 aromatic heterocycles. The summed E-state index contributed by atoms with van der Waals surface area (Å²) < 4.78 is 39.3. The Morgan fingerprint density at radius 2 is 1.61 bits per heavy atom. The number of hydrogen-bond acceptors (Lipinski definition) is 1. The molecule has 0 aromatic carbocycles. The van der Waals surface area contributed by atoms with E-state index in [-0.39, 0.29) is 17.8 Å². The second-order valence-corrected chi connectivity index (χ2v) is 7.11. The summed E-state index contributed by atoms with van der Waals surface area (Å²) in [5, 5.41) is 0. The van der Waals surface area contributed by atoms with Crippen molar-refractivity contribution in [3.8, 4) is 0 Å². The fraction of sp³-hybridized carbons (Fsp3) is 1.00. The molecule has 0 radical (unpaired) electrons. The lowest BCUT2D eigenvalue weighted by Gasteiger charge is -2.45. The molecule has 4 heteroatoms. The molecule has 2 aliphatic rings. The predicted molar refractivity (Wildman–Crippen MR) is 66.3 cm³/mol. The average molecular weight is 263 g/mol. The van der Waals surface area contributed by atoms with E-state index in [9.17, 15) is 13.2 Å². The van der Waals surface area contributed by atoms with Gasteiger partial charge in [-0.05, 0) is 43.1 Å². The molecule has 0 N–H and O–H groups in total. The average Bonchev–Trinajstić information content (AvgIpc) is 2.98.